The number of carbonyl (C=O) groups is 3. The quantitative estimate of drug-likeness (QED) is 0.464. The topological polar surface area (TPSA) is 81.7 Å². The molecule has 0 spiro atoms. The lowest BCUT2D eigenvalue weighted by Crippen LogP contribution is -2.44. The van der Waals surface area contributed by atoms with Gasteiger partial charge in [-0.05, 0) is 51.5 Å². The summed E-state index contributed by atoms with van der Waals surface area (Å²) in [5.41, 5.74) is -0.500. The van der Waals surface area contributed by atoms with E-state index in [-0.39, 0.29) is 12.0 Å². The van der Waals surface area contributed by atoms with Crippen molar-refractivity contribution < 1.29 is 28.2 Å². The molecule has 0 aliphatic heterocycles. The van der Waals surface area contributed by atoms with Crippen LogP contribution in [0, 0.1) is 5.82 Å². The summed E-state index contributed by atoms with van der Waals surface area (Å²) < 4.78 is 22.8. The number of esters is 1. The number of hydrogen-bond donors (Lipinski definition) is 1. The zero-order valence-corrected chi connectivity index (χ0v) is 14.5. The van der Waals surface area contributed by atoms with Crippen molar-refractivity contribution in [3.05, 3.63) is 48.3 Å². The van der Waals surface area contributed by atoms with Crippen molar-refractivity contribution in [2.45, 2.75) is 38.8 Å². The van der Waals surface area contributed by atoms with E-state index < -0.39 is 41.9 Å². The molecule has 0 unspecified atom stereocenters. The molecule has 0 saturated carbocycles. The first-order valence-electron chi connectivity index (χ1n) is 7.68. The largest absolute Gasteiger partial charge is 0.456 e. The minimum absolute atomic E-state index is 0.114. The lowest BCUT2D eigenvalue weighted by molar-refractivity contribution is -0.144. The van der Waals surface area contributed by atoms with Crippen LogP contribution in [0.3, 0.4) is 0 Å². The van der Waals surface area contributed by atoms with Crippen molar-refractivity contribution >= 4 is 17.8 Å². The SMILES string of the molecule is C=CC[C@H](NC(=O)OC(C)(C)C)C(=O)OCC(=O)c1ccc(F)cc1. The van der Waals surface area contributed by atoms with Crippen LogP contribution < -0.4 is 5.32 Å². The standard InChI is InChI=1S/C18H22FNO5/c1-5-6-14(20-17(23)25-18(2,3)4)16(22)24-11-15(21)12-7-9-13(19)10-8-12/h5,7-10,14H,1,6,11H2,2-4H3,(H,20,23)/t14-/m0/s1. The van der Waals surface area contributed by atoms with Crippen LogP contribution in [0.15, 0.2) is 36.9 Å². The molecular formula is C18H22FNO5. The van der Waals surface area contributed by atoms with Gasteiger partial charge in [0.2, 0.25) is 0 Å². The van der Waals surface area contributed by atoms with Crippen LogP contribution in [0.1, 0.15) is 37.6 Å². The maximum absolute atomic E-state index is 12.8. The van der Waals surface area contributed by atoms with Crippen LogP contribution in [0.5, 0.6) is 0 Å². The summed E-state index contributed by atoms with van der Waals surface area (Å²) in [4.78, 5) is 35.8. The van der Waals surface area contributed by atoms with Gasteiger partial charge in [0.15, 0.2) is 12.4 Å². The molecule has 1 N–H and O–H groups in total. The van der Waals surface area contributed by atoms with Crippen molar-refractivity contribution in [3.63, 3.8) is 0 Å². The first-order chi connectivity index (χ1) is 11.6. The average molecular weight is 351 g/mol. The lowest BCUT2D eigenvalue weighted by Gasteiger charge is -2.22. The number of benzene rings is 1. The predicted molar refractivity (Wildman–Crippen MR) is 89.7 cm³/mol. The van der Waals surface area contributed by atoms with Crippen LogP contribution in [-0.2, 0) is 14.3 Å². The van der Waals surface area contributed by atoms with E-state index in [2.05, 4.69) is 11.9 Å². The Hall–Kier alpha value is -2.70. The first-order valence-corrected chi connectivity index (χ1v) is 7.68. The number of rotatable bonds is 7. The summed E-state index contributed by atoms with van der Waals surface area (Å²) in [5, 5.41) is 2.38. The number of carbonyl (C=O) groups excluding carboxylic acids is 3. The van der Waals surface area contributed by atoms with E-state index in [4.69, 9.17) is 9.47 Å². The Morgan fingerprint density at radius 3 is 2.36 bits per heavy atom. The molecule has 0 bridgehead atoms. The van der Waals surface area contributed by atoms with E-state index in [9.17, 15) is 18.8 Å². The Bertz CT molecular complexity index is 634. The molecule has 0 heterocycles. The van der Waals surface area contributed by atoms with Crippen molar-refractivity contribution in [3.8, 4) is 0 Å². The Morgan fingerprint density at radius 2 is 1.84 bits per heavy atom. The number of ketones is 1. The molecule has 0 radical (unpaired) electrons. The number of ether oxygens (including phenoxy) is 2. The molecule has 6 nitrogen and oxygen atoms in total. The normalized spacial score (nSPS) is 12.0. The van der Waals surface area contributed by atoms with Crippen molar-refractivity contribution in [2.24, 2.45) is 0 Å². The maximum atomic E-state index is 12.8. The molecular weight excluding hydrogens is 329 g/mol. The molecule has 1 rings (SSSR count). The molecule has 25 heavy (non-hydrogen) atoms. The summed E-state index contributed by atoms with van der Waals surface area (Å²) in [6, 6.07) is 3.85. The fourth-order valence-corrected chi connectivity index (χ4v) is 1.79. The molecule has 0 aromatic heterocycles. The van der Waals surface area contributed by atoms with Gasteiger partial charge in [-0.2, -0.15) is 0 Å². The summed E-state index contributed by atoms with van der Waals surface area (Å²) in [6.07, 6.45) is 0.773. The molecule has 1 amide bonds. The van der Waals surface area contributed by atoms with Gasteiger partial charge in [0.05, 0.1) is 0 Å². The molecule has 1 atom stereocenters. The van der Waals surface area contributed by atoms with Crippen molar-refractivity contribution in [1.82, 2.24) is 5.32 Å². The number of amides is 1. The fourth-order valence-electron chi connectivity index (χ4n) is 1.79. The molecule has 0 fully saturated rings. The molecule has 136 valence electrons. The zero-order valence-electron chi connectivity index (χ0n) is 14.5. The van der Waals surface area contributed by atoms with Crippen LogP contribution >= 0.6 is 0 Å². The number of nitrogens with one attached hydrogen (secondary N) is 1. The van der Waals surface area contributed by atoms with Gasteiger partial charge in [0.25, 0.3) is 0 Å². The second-order valence-electron chi connectivity index (χ2n) is 6.26. The summed E-state index contributed by atoms with van der Waals surface area (Å²) >= 11 is 0. The third-order valence-corrected chi connectivity index (χ3v) is 2.89. The molecule has 1 aromatic rings. The van der Waals surface area contributed by atoms with E-state index in [1.807, 2.05) is 0 Å². The van der Waals surface area contributed by atoms with Crippen LogP contribution in [0.25, 0.3) is 0 Å². The highest BCUT2D eigenvalue weighted by atomic mass is 19.1. The average Bonchev–Trinajstić information content (AvgIpc) is 2.50. The molecule has 0 aliphatic carbocycles. The summed E-state index contributed by atoms with van der Waals surface area (Å²) in [5.74, 6) is -1.75. The molecule has 0 saturated heterocycles. The summed E-state index contributed by atoms with van der Waals surface area (Å²) in [7, 11) is 0. The minimum Gasteiger partial charge on any atom is -0.456 e. The molecule has 7 heteroatoms. The van der Waals surface area contributed by atoms with Crippen LogP contribution in [-0.4, -0.2) is 36.1 Å². The van der Waals surface area contributed by atoms with E-state index in [1.165, 1.54) is 18.2 Å². The summed E-state index contributed by atoms with van der Waals surface area (Å²) in [6.45, 7) is 8.06. The predicted octanol–water partition coefficient (Wildman–Crippen LogP) is 3.02. The van der Waals surface area contributed by atoms with Gasteiger partial charge in [-0.3, -0.25) is 4.79 Å². The highest BCUT2D eigenvalue weighted by molar-refractivity contribution is 5.98. The van der Waals surface area contributed by atoms with Gasteiger partial charge < -0.3 is 14.8 Å². The van der Waals surface area contributed by atoms with Gasteiger partial charge >= 0.3 is 12.1 Å². The van der Waals surface area contributed by atoms with Crippen LogP contribution in [0.4, 0.5) is 9.18 Å². The second-order valence-corrected chi connectivity index (χ2v) is 6.26. The number of alkyl carbamates (subject to hydrolysis) is 1. The molecule has 1 aromatic carbocycles. The highest BCUT2D eigenvalue weighted by Crippen LogP contribution is 2.08. The van der Waals surface area contributed by atoms with E-state index in [1.54, 1.807) is 20.8 Å². The Balaban J connectivity index is 2.60. The zero-order chi connectivity index (χ0) is 19.0. The third kappa shape index (κ3) is 7.60. The van der Waals surface area contributed by atoms with E-state index in [0.29, 0.717) is 0 Å². The highest BCUT2D eigenvalue weighted by Gasteiger charge is 2.25. The Kier molecular flexibility index (Phi) is 7.29. The van der Waals surface area contributed by atoms with Gasteiger partial charge in [-0.1, -0.05) is 6.08 Å². The van der Waals surface area contributed by atoms with E-state index >= 15 is 0 Å². The number of halogens is 1. The van der Waals surface area contributed by atoms with E-state index in [0.717, 1.165) is 12.1 Å². The minimum atomic E-state index is -1.02. The van der Waals surface area contributed by atoms with Crippen LogP contribution in [0.2, 0.25) is 0 Å². The smallest absolute Gasteiger partial charge is 0.408 e. The maximum Gasteiger partial charge on any atom is 0.408 e. The first kappa shape index (κ1) is 20.3. The third-order valence-electron chi connectivity index (χ3n) is 2.89. The Labute approximate surface area is 146 Å². The Morgan fingerprint density at radius 1 is 1.24 bits per heavy atom. The van der Waals surface area contributed by atoms with Crippen molar-refractivity contribution in [1.29, 1.82) is 0 Å². The monoisotopic (exact) mass is 351 g/mol. The number of Topliss-reactive ketones (excluding diaryl/α,β-unsaturated/α-hetero) is 1. The van der Waals surface area contributed by atoms with Gasteiger partial charge in [0, 0.05) is 5.56 Å². The van der Waals surface area contributed by atoms with Gasteiger partial charge in [0.1, 0.15) is 17.5 Å². The number of hydrogen-bond acceptors (Lipinski definition) is 5. The van der Waals surface area contributed by atoms with Gasteiger partial charge in [-0.25, -0.2) is 14.0 Å². The lowest BCUT2D eigenvalue weighted by atomic mass is 10.1. The van der Waals surface area contributed by atoms with Crippen molar-refractivity contribution in [2.75, 3.05) is 6.61 Å². The fraction of sp³-hybridized carbons (Fsp3) is 0.389. The van der Waals surface area contributed by atoms with Gasteiger partial charge in [-0.15, -0.1) is 6.58 Å². The second kappa shape index (κ2) is 8.96. The molecule has 0 aliphatic rings.